The molecule has 0 bridgehead atoms. The van der Waals surface area contributed by atoms with Gasteiger partial charge < -0.3 is 9.52 Å². The maximum absolute atomic E-state index is 13.3. The van der Waals surface area contributed by atoms with Gasteiger partial charge >= 0.3 is 5.63 Å². The number of aromatic hydroxyl groups is 1. The summed E-state index contributed by atoms with van der Waals surface area (Å²) in [6, 6.07) is 31.0. The summed E-state index contributed by atoms with van der Waals surface area (Å²) in [5, 5.41) is 11.4. The number of carbonyl (C=O) groups excluding carboxylic acids is 1. The lowest BCUT2D eigenvalue weighted by Crippen LogP contribution is -2.09. The van der Waals surface area contributed by atoms with Gasteiger partial charge in [0.05, 0.1) is 5.39 Å². The maximum atomic E-state index is 13.3. The van der Waals surface area contributed by atoms with Crippen LogP contribution in [0, 0.1) is 0 Å². The van der Waals surface area contributed by atoms with Crippen LogP contribution in [0.2, 0.25) is 0 Å². The first kappa shape index (κ1) is 22.6. The van der Waals surface area contributed by atoms with Crippen molar-refractivity contribution in [2.45, 2.75) is 0 Å². The molecular formula is C30H19BrO4. The van der Waals surface area contributed by atoms with Gasteiger partial charge in [-0.05, 0) is 47.0 Å². The summed E-state index contributed by atoms with van der Waals surface area (Å²) >= 11 is 3.44. The average molecular weight is 523 g/mol. The van der Waals surface area contributed by atoms with E-state index < -0.39 is 5.63 Å². The molecule has 1 heterocycles. The summed E-state index contributed by atoms with van der Waals surface area (Å²) in [6.07, 6.45) is 1.38. The average Bonchev–Trinajstić information content (AvgIpc) is 2.89. The van der Waals surface area contributed by atoms with Gasteiger partial charge in [-0.15, -0.1) is 0 Å². The number of hydrogen-bond acceptors (Lipinski definition) is 4. The third kappa shape index (κ3) is 4.59. The molecule has 0 aliphatic rings. The summed E-state index contributed by atoms with van der Waals surface area (Å²) < 4.78 is 6.46. The molecule has 0 saturated carbocycles. The molecular weight excluding hydrogens is 504 g/mol. The predicted molar refractivity (Wildman–Crippen MR) is 142 cm³/mol. The van der Waals surface area contributed by atoms with Crippen LogP contribution in [0.3, 0.4) is 0 Å². The lowest BCUT2D eigenvalue weighted by Gasteiger charge is -2.11. The number of para-hydroxylation sites is 1. The zero-order chi connectivity index (χ0) is 24.4. The van der Waals surface area contributed by atoms with E-state index in [9.17, 15) is 14.7 Å². The van der Waals surface area contributed by atoms with E-state index in [0.29, 0.717) is 22.1 Å². The van der Waals surface area contributed by atoms with Crippen molar-refractivity contribution in [1.82, 2.24) is 0 Å². The van der Waals surface area contributed by atoms with E-state index in [1.165, 1.54) is 6.08 Å². The van der Waals surface area contributed by atoms with Crippen molar-refractivity contribution in [3.63, 3.8) is 0 Å². The predicted octanol–water partition coefficient (Wildman–Crippen LogP) is 7.24. The molecule has 0 unspecified atom stereocenters. The van der Waals surface area contributed by atoms with Gasteiger partial charge in [-0.3, -0.25) is 4.79 Å². The minimum atomic E-state index is -0.713. The number of rotatable bonds is 5. The maximum Gasteiger partial charge on any atom is 0.348 e. The molecule has 4 aromatic carbocycles. The van der Waals surface area contributed by atoms with E-state index in [2.05, 4.69) is 15.9 Å². The van der Waals surface area contributed by atoms with Crippen molar-refractivity contribution in [1.29, 1.82) is 0 Å². The Kier molecular flexibility index (Phi) is 6.17. The number of hydrogen-bond donors (Lipinski definition) is 1. The first-order chi connectivity index (χ1) is 17.0. The smallest absolute Gasteiger partial charge is 0.348 e. The summed E-state index contributed by atoms with van der Waals surface area (Å²) in [6.45, 7) is 0. The van der Waals surface area contributed by atoms with Crippen LogP contribution in [0.4, 0.5) is 0 Å². The molecule has 5 rings (SSSR count). The van der Waals surface area contributed by atoms with E-state index in [4.69, 9.17) is 4.42 Å². The van der Waals surface area contributed by atoms with Gasteiger partial charge in [-0.2, -0.15) is 0 Å². The Balaban J connectivity index is 1.60. The van der Waals surface area contributed by atoms with Gasteiger partial charge in [-0.1, -0.05) is 94.8 Å². The second-order valence-corrected chi connectivity index (χ2v) is 8.90. The van der Waals surface area contributed by atoms with Crippen LogP contribution >= 0.6 is 15.9 Å². The zero-order valence-corrected chi connectivity index (χ0v) is 20.0. The fourth-order valence-corrected chi connectivity index (χ4v) is 4.24. The van der Waals surface area contributed by atoms with Gasteiger partial charge in [0.15, 0.2) is 5.78 Å². The molecule has 0 aliphatic carbocycles. The van der Waals surface area contributed by atoms with Crippen molar-refractivity contribution in [3.05, 3.63) is 141 Å². The number of halogens is 1. The topological polar surface area (TPSA) is 67.5 Å². The number of fused-ring (bicyclic) bond motifs is 1. The van der Waals surface area contributed by atoms with Gasteiger partial charge in [0.1, 0.15) is 16.9 Å². The Hall–Kier alpha value is -4.22. The van der Waals surface area contributed by atoms with Crippen molar-refractivity contribution in [2.75, 3.05) is 0 Å². The number of allylic oxidation sites excluding steroid dienone is 1. The number of ketones is 1. The van der Waals surface area contributed by atoms with Crippen LogP contribution in [-0.2, 0) is 0 Å². The highest BCUT2D eigenvalue weighted by Crippen LogP contribution is 2.34. The van der Waals surface area contributed by atoms with Gasteiger partial charge in [-0.25, -0.2) is 4.79 Å². The highest BCUT2D eigenvalue weighted by Gasteiger charge is 2.20. The molecule has 1 aromatic heterocycles. The van der Waals surface area contributed by atoms with Gasteiger partial charge in [0, 0.05) is 15.6 Å². The lowest BCUT2D eigenvalue weighted by atomic mass is 9.94. The van der Waals surface area contributed by atoms with Crippen LogP contribution in [0.5, 0.6) is 5.75 Å². The van der Waals surface area contributed by atoms with Crippen molar-refractivity contribution in [3.8, 4) is 16.9 Å². The van der Waals surface area contributed by atoms with Gasteiger partial charge in [0.2, 0.25) is 0 Å². The normalized spacial score (nSPS) is 11.5. The second kappa shape index (κ2) is 9.57. The Morgan fingerprint density at radius 1 is 0.743 bits per heavy atom. The second-order valence-electron chi connectivity index (χ2n) is 7.98. The molecule has 1 N–H and O–H groups in total. The van der Waals surface area contributed by atoms with E-state index in [0.717, 1.165) is 15.6 Å². The van der Waals surface area contributed by atoms with Crippen LogP contribution in [0.15, 0.2) is 123 Å². The van der Waals surface area contributed by atoms with Crippen LogP contribution in [0.1, 0.15) is 21.5 Å². The zero-order valence-electron chi connectivity index (χ0n) is 18.4. The molecule has 0 amide bonds. The fraction of sp³-hybridized carbons (Fsp3) is 0. The van der Waals surface area contributed by atoms with Crippen LogP contribution in [-0.4, -0.2) is 10.9 Å². The van der Waals surface area contributed by atoms with Crippen LogP contribution in [0.25, 0.3) is 27.7 Å². The summed E-state index contributed by atoms with van der Waals surface area (Å²) in [5.41, 5.74) is 2.91. The molecule has 35 heavy (non-hydrogen) atoms. The SMILES string of the molecule is O=C(/C=C(\c1ccccc1)c1c(O)c2ccccc2oc1=O)c1ccc(-c2ccc(Br)cc2)cc1. The van der Waals surface area contributed by atoms with E-state index in [1.807, 2.05) is 42.5 Å². The Morgan fingerprint density at radius 3 is 2.03 bits per heavy atom. The van der Waals surface area contributed by atoms with E-state index in [1.54, 1.807) is 60.7 Å². The fourth-order valence-electron chi connectivity index (χ4n) is 3.97. The molecule has 0 spiro atoms. The Bertz CT molecular complexity index is 1610. The van der Waals surface area contributed by atoms with Crippen LogP contribution < -0.4 is 5.63 Å². The molecule has 0 aliphatic heterocycles. The first-order valence-electron chi connectivity index (χ1n) is 10.9. The lowest BCUT2D eigenvalue weighted by molar-refractivity contribution is 0.104. The number of carbonyl (C=O) groups is 1. The Labute approximate surface area is 209 Å². The standard InChI is InChI=1S/C30H19BrO4/c31-23-16-14-20(15-17-23)19-10-12-22(13-11-19)26(32)18-25(21-6-2-1-3-7-21)28-29(33)24-8-4-5-9-27(24)35-30(28)34/h1-18,33H/b25-18+. The highest BCUT2D eigenvalue weighted by molar-refractivity contribution is 9.10. The quantitative estimate of drug-likeness (QED) is 0.150. The molecule has 0 radical (unpaired) electrons. The van der Waals surface area contributed by atoms with Gasteiger partial charge in [0.25, 0.3) is 0 Å². The molecule has 5 aromatic rings. The Morgan fingerprint density at radius 2 is 1.34 bits per heavy atom. The molecule has 0 saturated heterocycles. The molecule has 170 valence electrons. The minimum Gasteiger partial charge on any atom is -0.506 e. The molecule has 5 heteroatoms. The third-order valence-electron chi connectivity index (χ3n) is 5.76. The van der Waals surface area contributed by atoms with Crippen molar-refractivity contribution in [2.24, 2.45) is 0 Å². The monoisotopic (exact) mass is 522 g/mol. The third-order valence-corrected chi connectivity index (χ3v) is 6.29. The summed E-state index contributed by atoms with van der Waals surface area (Å²) in [4.78, 5) is 26.2. The molecule has 0 atom stereocenters. The number of benzene rings is 4. The van der Waals surface area contributed by atoms with E-state index in [-0.39, 0.29) is 22.7 Å². The summed E-state index contributed by atoms with van der Waals surface area (Å²) in [7, 11) is 0. The molecule has 0 fully saturated rings. The summed E-state index contributed by atoms with van der Waals surface area (Å²) in [5.74, 6) is -0.511. The first-order valence-corrected chi connectivity index (χ1v) is 11.7. The largest absolute Gasteiger partial charge is 0.506 e. The van der Waals surface area contributed by atoms with Crippen molar-refractivity contribution >= 4 is 38.3 Å². The van der Waals surface area contributed by atoms with Crippen molar-refractivity contribution < 1.29 is 14.3 Å². The highest BCUT2D eigenvalue weighted by atomic mass is 79.9. The van der Waals surface area contributed by atoms with E-state index >= 15 is 0 Å². The minimum absolute atomic E-state index is 0.0465. The molecule has 4 nitrogen and oxygen atoms in total.